The highest BCUT2D eigenvalue weighted by Crippen LogP contribution is 2.22. The number of ether oxygens (including phenoxy) is 2. The Morgan fingerprint density at radius 1 is 1.26 bits per heavy atom. The van der Waals surface area contributed by atoms with Crippen LogP contribution in [0.2, 0.25) is 0 Å². The number of piperidine rings is 1. The van der Waals surface area contributed by atoms with Crippen molar-refractivity contribution < 1.29 is 23.5 Å². The van der Waals surface area contributed by atoms with Gasteiger partial charge >= 0.3 is 11.6 Å². The zero-order chi connectivity index (χ0) is 19.4. The molecule has 1 aliphatic rings. The summed E-state index contributed by atoms with van der Waals surface area (Å²) in [5.74, 6) is 0.0414. The summed E-state index contributed by atoms with van der Waals surface area (Å²) in [7, 11) is 0. The van der Waals surface area contributed by atoms with E-state index < -0.39 is 11.6 Å². The van der Waals surface area contributed by atoms with Gasteiger partial charge in [-0.2, -0.15) is 0 Å². The van der Waals surface area contributed by atoms with Gasteiger partial charge in [-0.1, -0.05) is 6.92 Å². The number of benzene rings is 1. The lowest BCUT2D eigenvalue weighted by molar-refractivity contribution is -0.154. The summed E-state index contributed by atoms with van der Waals surface area (Å²) in [5, 5.41) is 0.797. The highest BCUT2D eigenvalue weighted by Gasteiger charge is 2.21. The van der Waals surface area contributed by atoms with Crippen molar-refractivity contribution in [3.63, 3.8) is 0 Å². The van der Waals surface area contributed by atoms with Crippen LogP contribution in [-0.4, -0.2) is 43.1 Å². The summed E-state index contributed by atoms with van der Waals surface area (Å²) >= 11 is 0. The molecule has 0 radical (unpaired) electrons. The maximum atomic E-state index is 12.1. The molecule has 144 valence electrons. The third-order valence-electron chi connectivity index (χ3n) is 4.65. The standard InChI is InChI=1S/C20H23NO6/c1-13-4-3-7-21(10-13)18(22)11-26-20(24)12-25-15-5-6-16-14(2)8-19(23)27-17(16)9-15/h5-6,8-9,13H,3-4,7,10-12H2,1-2H3/t13-/m1/s1. The number of carbonyl (C=O) groups excluding carboxylic acids is 2. The van der Waals surface area contributed by atoms with Crippen LogP contribution in [0.4, 0.5) is 0 Å². The van der Waals surface area contributed by atoms with Gasteiger partial charge in [-0.15, -0.1) is 0 Å². The van der Waals surface area contributed by atoms with Crippen LogP contribution in [0.3, 0.4) is 0 Å². The minimum absolute atomic E-state index is 0.183. The lowest BCUT2D eigenvalue weighted by atomic mass is 10.0. The molecule has 3 rings (SSSR count). The van der Waals surface area contributed by atoms with Crippen LogP contribution >= 0.6 is 0 Å². The smallest absolute Gasteiger partial charge is 0.344 e. The first-order valence-electron chi connectivity index (χ1n) is 9.03. The quantitative estimate of drug-likeness (QED) is 0.590. The zero-order valence-electron chi connectivity index (χ0n) is 15.5. The highest BCUT2D eigenvalue weighted by atomic mass is 16.6. The normalized spacial score (nSPS) is 17.0. The minimum atomic E-state index is -0.626. The number of fused-ring (bicyclic) bond motifs is 1. The lowest BCUT2D eigenvalue weighted by Crippen LogP contribution is -2.41. The Labute approximate surface area is 156 Å². The first-order valence-corrected chi connectivity index (χ1v) is 9.03. The van der Waals surface area contributed by atoms with Gasteiger partial charge in [0, 0.05) is 30.6 Å². The van der Waals surface area contributed by atoms with E-state index >= 15 is 0 Å². The van der Waals surface area contributed by atoms with E-state index in [1.807, 2.05) is 6.92 Å². The minimum Gasteiger partial charge on any atom is -0.482 e. The van der Waals surface area contributed by atoms with E-state index in [9.17, 15) is 14.4 Å². The van der Waals surface area contributed by atoms with Crippen molar-refractivity contribution in [1.29, 1.82) is 0 Å². The number of nitrogens with zero attached hydrogens (tertiary/aromatic N) is 1. The summed E-state index contributed by atoms with van der Waals surface area (Å²) in [6.07, 6.45) is 2.09. The van der Waals surface area contributed by atoms with Gasteiger partial charge in [0.25, 0.3) is 5.91 Å². The Bertz CT molecular complexity index is 903. The van der Waals surface area contributed by atoms with Gasteiger partial charge in [-0.05, 0) is 43.4 Å². The van der Waals surface area contributed by atoms with Crippen LogP contribution in [0.5, 0.6) is 5.75 Å². The average molecular weight is 373 g/mol. The largest absolute Gasteiger partial charge is 0.482 e. The van der Waals surface area contributed by atoms with Crippen molar-refractivity contribution in [2.45, 2.75) is 26.7 Å². The van der Waals surface area contributed by atoms with Crippen LogP contribution < -0.4 is 10.4 Å². The molecule has 0 unspecified atom stereocenters. The van der Waals surface area contributed by atoms with E-state index in [-0.39, 0.29) is 19.1 Å². The summed E-state index contributed by atoms with van der Waals surface area (Å²) in [6.45, 7) is 4.73. The van der Waals surface area contributed by atoms with E-state index in [1.54, 1.807) is 23.1 Å². The second-order valence-electron chi connectivity index (χ2n) is 6.94. The number of hydrogen-bond acceptors (Lipinski definition) is 6. The molecule has 1 aromatic carbocycles. The molecule has 0 bridgehead atoms. The first kappa shape index (κ1) is 18.9. The van der Waals surface area contributed by atoms with Crippen molar-refractivity contribution >= 4 is 22.8 Å². The van der Waals surface area contributed by atoms with Gasteiger partial charge in [0.2, 0.25) is 0 Å². The zero-order valence-corrected chi connectivity index (χ0v) is 15.5. The van der Waals surface area contributed by atoms with Gasteiger partial charge in [-0.3, -0.25) is 4.79 Å². The van der Waals surface area contributed by atoms with Crippen molar-refractivity contribution in [3.05, 3.63) is 40.2 Å². The summed E-state index contributed by atoms with van der Waals surface area (Å²) < 4.78 is 15.5. The van der Waals surface area contributed by atoms with E-state index in [2.05, 4.69) is 6.92 Å². The third-order valence-corrected chi connectivity index (χ3v) is 4.65. The second kappa shape index (κ2) is 8.24. The maximum Gasteiger partial charge on any atom is 0.344 e. The monoisotopic (exact) mass is 373 g/mol. The van der Waals surface area contributed by atoms with Gasteiger partial charge in [0.1, 0.15) is 11.3 Å². The summed E-state index contributed by atoms with van der Waals surface area (Å²) in [4.78, 5) is 37.1. The van der Waals surface area contributed by atoms with Gasteiger partial charge < -0.3 is 18.8 Å². The molecule has 27 heavy (non-hydrogen) atoms. The fourth-order valence-corrected chi connectivity index (χ4v) is 3.23. The van der Waals surface area contributed by atoms with Crippen LogP contribution in [-0.2, 0) is 14.3 Å². The van der Waals surface area contributed by atoms with E-state index in [1.165, 1.54) is 6.07 Å². The molecule has 1 aromatic heterocycles. The second-order valence-corrected chi connectivity index (χ2v) is 6.94. The van der Waals surface area contributed by atoms with Gasteiger partial charge in [0.05, 0.1) is 0 Å². The molecular formula is C20H23NO6. The van der Waals surface area contributed by atoms with Crippen LogP contribution in [0.1, 0.15) is 25.3 Å². The topological polar surface area (TPSA) is 86.0 Å². The maximum absolute atomic E-state index is 12.1. The molecule has 1 saturated heterocycles. The van der Waals surface area contributed by atoms with Crippen molar-refractivity contribution in [2.24, 2.45) is 5.92 Å². The molecule has 0 saturated carbocycles. The number of esters is 1. The lowest BCUT2D eigenvalue weighted by Gasteiger charge is -2.30. The molecule has 1 aliphatic heterocycles. The molecule has 1 atom stereocenters. The highest BCUT2D eigenvalue weighted by molar-refractivity contribution is 5.82. The molecular weight excluding hydrogens is 350 g/mol. The number of hydrogen-bond donors (Lipinski definition) is 0. The number of likely N-dealkylation sites (tertiary alicyclic amines) is 1. The molecule has 1 amide bonds. The van der Waals surface area contributed by atoms with Crippen molar-refractivity contribution in [3.8, 4) is 5.75 Å². The van der Waals surface area contributed by atoms with E-state index in [4.69, 9.17) is 13.9 Å². The Balaban J connectivity index is 1.51. The Morgan fingerprint density at radius 3 is 2.85 bits per heavy atom. The molecule has 0 spiro atoms. The molecule has 0 N–H and O–H groups in total. The first-order chi connectivity index (χ1) is 12.9. The predicted octanol–water partition coefficient (Wildman–Crippen LogP) is 2.28. The number of aryl methyl sites for hydroxylation is 1. The molecule has 2 aromatic rings. The number of rotatable bonds is 5. The van der Waals surface area contributed by atoms with Crippen molar-refractivity contribution in [2.75, 3.05) is 26.3 Å². The van der Waals surface area contributed by atoms with Crippen LogP contribution in [0.25, 0.3) is 11.0 Å². The predicted molar refractivity (Wildman–Crippen MR) is 98.7 cm³/mol. The van der Waals surface area contributed by atoms with Gasteiger partial charge in [0.15, 0.2) is 13.2 Å². The van der Waals surface area contributed by atoms with E-state index in [0.29, 0.717) is 30.3 Å². The Hall–Kier alpha value is -2.83. The number of amides is 1. The third kappa shape index (κ3) is 4.87. The molecule has 7 heteroatoms. The SMILES string of the molecule is Cc1cc(=O)oc2cc(OCC(=O)OCC(=O)N3CCC[C@@H](C)C3)ccc12. The fourth-order valence-electron chi connectivity index (χ4n) is 3.23. The molecule has 2 heterocycles. The Kier molecular flexibility index (Phi) is 5.78. The molecule has 1 fully saturated rings. The van der Waals surface area contributed by atoms with Crippen LogP contribution in [0.15, 0.2) is 33.5 Å². The summed E-state index contributed by atoms with van der Waals surface area (Å²) in [6, 6.07) is 6.41. The average Bonchev–Trinajstić information content (AvgIpc) is 2.64. The van der Waals surface area contributed by atoms with Gasteiger partial charge in [-0.25, -0.2) is 9.59 Å². The molecule has 7 nitrogen and oxygen atoms in total. The van der Waals surface area contributed by atoms with Crippen molar-refractivity contribution in [1.82, 2.24) is 4.90 Å². The summed E-state index contributed by atoms with van der Waals surface area (Å²) in [5.41, 5.74) is 0.750. The Morgan fingerprint density at radius 2 is 2.07 bits per heavy atom. The van der Waals surface area contributed by atoms with E-state index in [0.717, 1.165) is 23.8 Å². The fraction of sp³-hybridized carbons (Fsp3) is 0.450. The number of carbonyl (C=O) groups is 2. The molecule has 0 aliphatic carbocycles. The van der Waals surface area contributed by atoms with Crippen LogP contribution in [0, 0.1) is 12.8 Å².